The molecule has 2 heterocycles. The first-order chi connectivity index (χ1) is 13.0. The van der Waals surface area contributed by atoms with E-state index < -0.39 is 12.1 Å². The molecular formula is C20H22N2O5. The Balaban J connectivity index is 1.46. The fourth-order valence-electron chi connectivity index (χ4n) is 2.98. The third kappa shape index (κ3) is 4.75. The molecular weight excluding hydrogens is 348 g/mol. The van der Waals surface area contributed by atoms with E-state index in [1.807, 2.05) is 18.2 Å². The molecule has 1 N–H and O–H groups in total. The molecule has 1 aromatic heterocycles. The number of hydrogen-bond donors (Lipinski definition) is 1. The molecule has 2 amide bonds. The maximum absolute atomic E-state index is 12.3. The smallest absolute Gasteiger partial charge is 0.309 e. The molecule has 1 aromatic carbocycles. The third-order valence-electron chi connectivity index (χ3n) is 4.59. The van der Waals surface area contributed by atoms with Gasteiger partial charge in [0.15, 0.2) is 6.10 Å². The second kappa shape index (κ2) is 8.53. The minimum Gasteiger partial charge on any atom is -0.472 e. The summed E-state index contributed by atoms with van der Waals surface area (Å²) in [7, 11) is 0. The normalized spacial score (nSPS) is 15.8. The summed E-state index contributed by atoms with van der Waals surface area (Å²) in [4.78, 5) is 38.5. The molecule has 0 saturated carbocycles. The number of benzene rings is 1. The van der Waals surface area contributed by atoms with Crippen molar-refractivity contribution < 1.29 is 23.5 Å². The van der Waals surface area contributed by atoms with Crippen LogP contribution in [0.3, 0.4) is 0 Å². The van der Waals surface area contributed by atoms with Crippen molar-refractivity contribution in [2.75, 3.05) is 18.4 Å². The van der Waals surface area contributed by atoms with Gasteiger partial charge in [-0.05, 0) is 38.0 Å². The number of likely N-dealkylation sites (tertiary alicyclic amines) is 1. The van der Waals surface area contributed by atoms with Gasteiger partial charge in [-0.1, -0.05) is 18.2 Å². The summed E-state index contributed by atoms with van der Waals surface area (Å²) in [5.41, 5.74) is 1.15. The molecule has 0 bridgehead atoms. The molecule has 2 aromatic rings. The van der Waals surface area contributed by atoms with E-state index in [-0.39, 0.29) is 17.7 Å². The van der Waals surface area contributed by atoms with Crippen LogP contribution in [-0.2, 0) is 14.3 Å². The number of hydrogen-bond acceptors (Lipinski definition) is 5. The molecule has 1 aliphatic heterocycles. The van der Waals surface area contributed by atoms with Crippen molar-refractivity contribution in [2.24, 2.45) is 5.92 Å². The van der Waals surface area contributed by atoms with Gasteiger partial charge in [0.1, 0.15) is 6.26 Å². The SMILES string of the molecule is CC(OC(=O)C1CCN(C(=O)c2ccoc2)CC1)C(=O)Nc1ccccc1. The van der Waals surface area contributed by atoms with E-state index in [1.54, 1.807) is 30.0 Å². The molecule has 0 spiro atoms. The third-order valence-corrected chi connectivity index (χ3v) is 4.59. The fraction of sp³-hybridized carbons (Fsp3) is 0.350. The van der Waals surface area contributed by atoms with E-state index >= 15 is 0 Å². The number of carbonyl (C=O) groups is 3. The number of anilines is 1. The lowest BCUT2D eigenvalue weighted by atomic mass is 9.96. The minimum atomic E-state index is -0.886. The number of rotatable bonds is 5. The molecule has 0 radical (unpaired) electrons. The number of nitrogens with one attached hydrogen (secondary N) is 1. The van der Waals surface area contributed by atoms with Gasteiger partial charge < -0.3 is 19.4 Å². The maximum Gasteiger partial charge on any atom is 0.309 e. The van der Waals surface area contributed by atoms with Crippen LogP contribution in [0.25, 0.3) is 0 Å². The van der Waals surface area contributed by atoms with E-state index in [9.17, 15) is 14.4 Å². The highest BCUT2D eigenvalue weighted by Crippen LogP contribution is 2.21. The van der Waals surface area contributed by atoms with Crippen LogP contribution in [0.5, 0.6) is 0 Å². The number of para-hydroxylation sites is 1. The van der Waals surface area contributed by atoms with Crippen molar-refractivity contribution in [1.29, 1.82) is 0 Å². The highest BCUT2D eigenvalue weighted by molar-refractivity contribution is 5.95. The van der Waals surface area contributed by atoms with Crippen molar-refractivity contribution in [1.82, 2.24) is 4.90 Å². The van der Waals surface area contributed by atoms with Crippen molar-refractivity contribution >= 4 is 23.5 Å². The van der Waals surface area contributed by atoms with Crippen LogP contribution in [0, 0.1) is 5.92 Å². The number of amides is 2. The van der Waals surface area contributed by atoms with E-state index in [1.165, 1.54) is 12.5 Å². The Hall–Kier alpha value is -3.09. The Bertz CT molecular complexity index is 780. The molecule has 142 valence electrons. The van der Waals surface area contributed by atoms with Gasteiger partial charge in [-0.2, -0.15) is 0 Å². The van der Waals surface area contributed by atoms with Gasteiger partial charge in [0.25, 0.3) is 11.8 Å². The summed E-state index contributed by atoms with van der Waals surface area (Å²) in [5.74, 6) is -1.19. The zero-order valence-electron chi connectivity index (χ0n) is 15.1. The van der Waals surface area contributed by atoms with Crippen LogP contribution >= 0.6 is 0 Å². The Morgan fingerprint density at radius 2 is 1.85 bits per heavy atom. The fourth-order valence-corrected chi connectivity index (χ4v) is 2.98. The molecule has 0 aliphatic carbocycles. The summed E-state index contributed by atoms with van der Waals surface area (Å²) in [5, 5.41) is 2.71. The number of piperidine rings is 1. The van der Waals surface area contributed by atoms with E-state index in [2.05, 4.69) is 5.32 Å². The highest BCUT2D eigenvalue weighted by Gasteiger charge is 2.31. The number of nitrogens with zero attached hydrogens (tertiary/aromatic N) is 1. The lowest BCUT2D eigenvalue weighted by molar-refractivity contribution is -0.158. The summed E-state index contributed by atoms with van der Waals surface area (Å²) in [6.07, 6.45) is 3.00. The Labute approximate surface area is 157 Å². The van der Waals surface area contributed by atoms with Gasteiger partial charge in [0.05, 0.1) is 17.7 Å². The predicted octanol–water partition coefficient (Wildman–Crippen LogP) is 2.70. The molecule has 1 aliphatic rings. The average Bonchev–Trinajstić information content (AvgIpc) is 3.23. The number of esters is 1. The standard InChI is InChI=1S/C20H22N2O5/c1-14(18(23)21-17-5-3-2-4-6-17)27-20(25)15-7-10-22(11-8-15)19(24)16-9-12-26-13-16/h2-6,9,12-15H,7-8,10-11H2,1H3,(H,21,23). The first kappa shape index (κ1) is 18.7. The van der Waals surface area contributed by atoms with Crippen molar-refractivity contribution in [3.05, 3.63) is 54.5 Å². The molecule has 1 atom stereocenters. The zero-order valence-corrected chi connectivity index (χ0v) is 15.1. The highest BCUT2D eigenvalue weighted by atomic mass is 16.5. The predicted molar refractivity (Wildman–Crippen MR) is 98.0 cm³/mol. The van der Waals surface area contributed by atoms with Gasteiger partial charge in [0.2, 0.25) is 0 Å². The second-order valence-corrected chi connectivity index (χ2v) is 6.51. The van der Waals surface area contributed by atoms with Gasteiger partial charge in [-0.3, -0.25) is 14.4 Å². The number of ether oxygens (including phenoxy) is 1. The van der Waals surface area contributed by atoms with Gasteiger partial charge in [-0.25, -0.2) is 0 Å². The summed E-state index contributed by atoms with van der Waals surface area (Å²) >= 11 is 0. The number of carbonyl (C=O) groups excluding carboxylic acids is 3. The van der Waals surface area contributed by atoms with Crippen LogP contribution in [0.2, 0.25) is 0 Å². The van der Waals surface area contributed by atoms with Crippen molar-refractivity contribution in [2.45, 2.75) is 25.9 Å². The Morgan fingerprint density at radius 1 is 1.15 bits per heavy atom. The maximum atomic E-state index is 12.3. The van der Waals surface area contributed by atoms with E-state index in [4.69, 9.17) is 9.15 Å². The molecule has 3 rings (SSSR count). The van der Waals surface area contributed by atoms with Crippen LogP contribution in [0.4, 0.5) is 5.69 Å². The van der Waals surface area contributed by atoms with Gasteiger partial charge in [-0.15, -0.1) is 0 Å². The molecule has 27 heavy (non-hydrogen) atoms. The van der Waals surface area contributed by atoms with Gasteiger partial charge in [0, 0.05) is 18.8 Å². The Kier molecular flexibility index (Phi) is 5.90. The molecule has 7 nitrogen and oxygen atoms in total. The van der Waals surface area contributed by atoms with E-state index in [0.717, 1.165) is 0 Å². The lowest BCUT2D eigenvalue weighted by Gasteiger charge is -2.31. The van der Waals surface area contributed by atoms with Crippen LogP contribution in [0.1, 0.15) is 30.1 Å². The molecule has 1 fully saturated rings. The van der Waals surface area contributed by atoms with Crippen LogP contribution < -0.4 is 5.32 Å². The zero-order chi connectivity index (χ0) is 19.2. The minimum absolute atomic E-state index is 0.105. The van der Waals surface area contributed by atoms with Crippen LogP contribution in [-0.4, -0.2) is 41.9 Å². The first-order valence-corrected chi connectivity index (χ1v) is 8.92. The molecule has 7 heteroatoms. The van der Waals surface area contributed by atoms with Crippen LogP contribution in [0.15, 0.2) is 53.3 Å². The summed E-state index contributed by atoms with van der Waals surface area (Å²) in [6, 6.07) is 10.6. The monoisotopic (exact) mass is 370 g/mol. The van der Waals surface area contributed by atoms with E-state index in [0.29, 0.717) is 37.2 Å². The Morgan fingerprint density at radius 3 is 2.48 bits per heavy atom. The van der Waals surface area contributed by atoms with Crippen molar-refractivity contribution in [3.8, 4) is 0 Å². The lowest BCUT2D eigenvalue weighted by Crippen LogP contribution is -2.41. The van der Waals surface area contributed by atoms with Crippen molar-refractivity contribution in [3.63, 3.8) is 0 Å². The first-order valence-electron chi connectivity index (χ1n) is 8.92. The molecule has 1 saturated heterocycles. The average molecular weight is 370 g/mol. The summed E-state index contributed by atoms with van der Waals surface area (Å²) < 4.78 is 10.3. The second-order valence-electron chi connectivity index (χ2n) is 6.51. The number of furan rings is 1. The topological polar surface area (TPSA) is 88.8 Å². The largest absolute Gasteiger partial charge is 0.472 e. The quantitative estimate of drug-likeness (QED) is 0.818. The summed E-state index contributed by atoms with van der Waals surface area (Å²) in [6.45, 7) is 2.48. The molecule has 1 unspecified atom stereocenters. The van der Waals surface area contributed by atoms with Gasteiger partial charge >= 0.3 is 5.97 Å².